The standard InChI is InChI=1S/C7H13N.BrH/c1-8-5-6-2-3-7(8)4-6;/h6-7H,2-5H2,1H3;1H. The maximum Gasteiger partial charge on any atom is 0.00955 e. The van der Waals surface area contributed by atoms with Crippen LogP contribution in [0.5, 0.6) is 0 Å². The Bertz CT molecular complexity index is 103. The molecule has 1 saturated carbocycles. The van der Waals surface area contributed by atoms with Crippen LogP contribution in [-0.2, 0) is 0 Å². The van der Waals surface area contributed by atoms with Gasteiger partial charge in [0.15, 0.2) is 0 Å². The molecule has 54 valence electrons. The maximum atomic E-state index is 2.51. The minimum absolute atomic E-state index is 0. The number of rotatable bonds is 0. The molecule has 0 N–H and O–H groups in total. The Balaban J connectivity index is 0.000000405. The highest BCUT2D eigenvalue weighted by atomic mass is 79.9. The summed E-state index contributed by atoms with van der Waals surface area (Å²) in [5, 5.41) is 0. The molecule has 0 aromatic heterocycles. The summed E-state index contributed by atoms with van der Waals surface area (Å²) < 4.78 is 0. The van der Waals surface area contributed by atoms with E-state index in [-0.39, 0.29) is 17.0 Å². The predicted octanol–water partition coefficient (Wildman–Crippen LogP) is 1.68. The molecule has 0 aromatic carbocycles. The zero-order valence-electron chi connectivity index (χ0n) is 5.84. The largest absolute Gasteiger partial charge is 0.303 e. The summed E-state index contributed by atoms with van der Waals surface area (Å²) in [6, 6.07) is 0.972. The Morgan fingerprint density at radius 2 is 2.11 bits per heavy atom. The third-order valence-electron chi connectivity index (χ3n) is 2.68. The van der Waals surface area contributed by atoms with Gasteiger partial charge in [0.1, 0.15) is 0 Å². The van der Waals surface area contributed by atoms with Crippen LogP contribution in [0, 0.1) is 5.92 Å². The molecule has 1 aliphatic heterocycles. The minimum Gasteiger partial charge on any atom is -0.303 e. The number of nitrogens with zero attached hydrogens (tertiary/aromatic N) is 1. The van der Waals surface area contributed by atoms with Crippen LogP contribution < -0.4 is 0 Å². The molecule has 1 aliphatic carbocycles. The highest BCUT2D eigenvalue weighted by Gasteiger charge is 2.34. The number of hydrogen-bond donors (Lipinski definition) is 0. The molecular formula is C7H14BrN. The van der Waals surface area contributed by atoms with Crippen molar-refractivity contribution in [3.05, 3.63) is 0 Å². The van der Waals surface area contributed by atoms with Gasteiger partial charge in [-0.05, 0) is 32.2 Å². The summed E-state index contributed by atoms with van der Waals surface area (Å²) in [5.74, 6) is 1.07. The van der Waals surface area contributed by atoms with Crippen molar-refractivity contribution in [3.63, 3.8) is 0 Å². The van der Waals surface area contributed by atoms with Gasteiger partial charge in [0.2, 0.25) is 0 Å². The lowest BCUT2D eigenvalue weighted by molar-refractivity contribution is 0.261. The molecule has 2 bridgehead atoms. The van der Waals surface area contributed by atoms with Gasteiger partial charge in [-0.2, -0.15) is 0 Å². The summed E-state index contributed by atoms with van der Waals surface area (Å²) in [6.07, 6.45) is 4.48. The Hall–Kier alpha value is 0.440. The SMILES string of the molecule is Br.CN1CC2CCC1C2. The second-order valence-corrected chi connectivity index (χ2v) is 3.27. The van der Waals surface area contributed by atoms with Crippen LogP contribution in [0.25, 0.3) is 0 Å². The smallest absolute Gasteiger partial charge is 0.00955 e. The van der Waals surface area contributed by atoms with E-state index in [0.717, 1.165) is 12.0 Å². The zero-order valence-corrected chi connectivity index (χ0v) is 7.55. The number of halogens is 1. The zero-order chi connectivity index (χ0) is 5.56. The van der Waals surface area contributed by atoms with Crippen molar-refractivity contribution >= 4 is 17.0 Å². The Kier molecular flexibility index (Phi) is 2.17. The van der Waals surface area contributed by atoms with Crippen molar-refractivity contribution in [3.8, 4) is 0 Å². The summed E-state index contributed by atoms with van der Waals surface area (Å²) in [4.78, 5) is 2.51. The predicted molar refractivity (Wildman–Crippen MR) is 44.1 cm³/mol. The molecule has 1 heterocycles. The average Bonchev–Trinajstić information content (AvgIpc) is 2.23. The van der Waals surface area contributed by atoms with Crippen LogP contribution in [0.3, 0.4) is 0 Å². The van der Waals surface area contributed by atoms with Crippen molar-refractivity contribution < 1.29 is 0 Å². The van der Waals surface area contributed by atoms with Gasteiger partial charge in [-0.3, -0.25) is 0 Å². The third-order valence-corrected chi connectivity index (χ3v) is 2.68. The van der Waals surface area contributed by atoms with E-state index < -0.39 is 0 Å². The molecule has 2 atom stereocenters. The number of likely N-dealkylation sites (tertiary alicyclic amines) is 1. The Labute approximate surface area is 67.2 Å². The number of piperidine rings is 1. The highest BCUT2D eigenvalue weighted by Crippen LogP contribution is 2.35. The molecule has 9 heavy (non-hydrogen) atoms. The molecule has 0 radical (unpaired) electrons. The van der Waals surface area contributed by atoms with E-state index in [2.05, 4.69) is 11.9 Å². The van der Waals surface area contributed by atoms with Crippen LogP contribution in [0.15, 0.2) is 0 Å². The summed E-state index contributed by atoms with van der Waals surface area (Å²) >= 11 is 0. The molecule has 1 saturated heterocycles. The normalized spacial score (nSPS) is 41.0. The molecule has 1 nitrogen and oxygen atoms in total. The fourth-order valence-corrected chi connectivity index (χ4v) is 2.17. The molecule has 2 rings (SSSR count). The maximum absolute atomic E-state index is 2.51. The summed E-state index contributed by atoms with van der Waals surface area (Å²) in [5.41, 5.74) is 0. The van der Waals surface area contributed by atoms with Crippen molar-refractivity contribution in [1.82, 2.24) is 4.90 Å². The second-order valence-electron chi connectivity index (χ2n) is 3.27. The van der Waals surface area contributed by atoms with Crippen LogP contribution in [0.4, 0.5) is 0 Å². The third kappa shape index (κ3) is 1.15. The van der Waals surface area contributed by atoms with Crippen molar-refractivity contribution in [2.75, 3.05) is 13.6 Å². The average molecular weight is 192 g/mol. The van der Waals surface area contributed by atoms with Crippen molar-refractivity contribution in [1.29, 1.82) is 0 Å². The summed E-state index contributed by atoms with van der Waals surface area (Å²) in [7, 11) is 2.25. The van der Waals surface area contributed by atoms with Gasteiger partial charge in [0.05, 0.1) is 0 Å². The van der Waals surface area contributed by atoms with Crippen LogP contribution in [-0.4, -0.2) is 24.5 Å². The van der Waals surface area contributed by atoms with Gasteiger partial charge < -0.3 is 4.90 Å². The number of fused-ring (bicyclic) bond motifs is 2. The molecule has 0 aromatic rings. The van der Waals surface area contributed by atoms with E-state index in [1.807, 2.05) is 0 Å². The first-order chi connectivity index (χ1) is 3.86. The first-order valence-electron chi connectivity index (χ1n) is 3.56. The van der Waals surface area contributed by atoms with E-state index in [1.165, 1.54) is 25.8 Å². The van der Waals surface area contributed by atoms with Crippen molar-refractivity contribution in [2.45, 2.75) is 25.3 Å². The van der Waals surface area contributed by atoms with E-state index in [9.17, 15) is 0 Å². The van der Waals surface area contributed by atoms with Gasteiger partial charge in [-0.1, -0.05) is 0 Å². The van der Waals surface area contributed by atoms with Gasteiger partial charge in [-0.15, -0.1) is 17.0 Å². The molecule has 2 heteroatoms. The molecule has 0 amide bonds. The topological polar surface area (TPSA) is 3.24 Å². The minimum atomic E-state index is 0. The lowest BCUT2D eigenvalue weighted by Gasteiger charge is -2.20. The van der Waals surface area contributed by atoms with Gasteiger partial charge in [-0.25, -0.2) is 0 Å². The van der Waals surface area contributed by atoms with E-state index >= 15 is 0 Å². The first-order valence-corrected chi connectivity index (χ1v) is 3.56. The lowest BCUT2D eigenvalue weighted by Crippen LogP contribution is -2.27. The molecule has 2 aliphatic rings. The molecular weight excluding hydrogens is 178 g/mol. The second kappa shape index (κ2) is 2.59. The summed E-state index contributed by atoms with van der Waals surface area (Å²) in [6.45, 7) is 1.38. The molecule has 2 fully saturated rings. The van der Waals surface area contributed by atoms with Gasteiger partial charge in [0, 0.05) is 12.6 Å². The fourth-order valence-electron chi connectivity index (χ4n) is 2.17. The van der Waals surface area contributed by atoms with E-state index in [1.54, 1.807) is 0 Å². The molecule has 2 unspecified atom stereocenters. The van der Waals surface area contributed by atoms with E-state index in [4.69, 9.17) is 0 Å². The van der Waals surface area contributed by atoms with Crippen LogP contribution in [0.2, 0.25) is 0 Å². The lowest BCUT2D eigenvalue weighted by atomic mass is 10.1. The van der Waals surface area contributed by atoms with Gasteiger partial charge >= 0.3 is 0 Å². The first kappa shape index (κ1) is 7.55. The Morgan fingerprint density at radius 1 is 1.33 bits per heavy atom. The Morgan fingerprint density at radius 3 is 2.33 bits per heavy atom. The highest BCUT2D eigenvalue weighted by molar-refractivity contribution is 8.93. The molecule has 0 spiro atoms. The van der Waals surface area contributed by atoms with E-state index in [0.29, 0.717) is 0 Å². The quantitative estimate of drug-likeness (QED) is 0.564. The number of hydrogen-bond acceptors (Lipinski definition) is 1. The van der Waals surface area contributed by atoms with Crippen LogP contribution in [0.1, 0.15) is 19.3 Å². The van der Waals surface area contributed by atoms with Crippen molar-refractivity contribution in [2.24, 2.45) is 5.92 Å². The van der Waals surface area contributed by atoms with Gasteiger partial charge in [0.25, 0.3) is 0 Å². The van der Waals surface area contributed by atoms with Crippen LogP contribution >= 0.6 is 17.0 Å². The monoisotopic (exact) mass is 191 g/mol. The fraction of sp³-hybridized carbons (Fsp3) is 1.00.